The van der Waals surface area contributed by atoms with Crippen molar-refractivity contribution in [2.45, 2.75) is 0 Å². The SMILES string of the molecule is Cn1c(C=O)cc2c3cc(O)ccc3oc21. The average molecular weight is 215 g/mol. The molecule has 2 heterocycles. The van der Waals surface area contributed by atoms with Gasteiger partial charge in [0.1, 0.15) is 11.3 Å². The number of aryl methyl sites for hydroxylation is 1. The van der Waals surface area contributed by atoms with E-state index in [1.54, 1.807) is 35.9 Å². The molecule has 0 saturated carbocycles. The van der Waals surface area contributed by atoms with Crippen molar-refractivity contribution < 1.29 is 14.3 Å². The van der Waals surface area contributed by atoms with Crippen molar-refractivity contribution in [3.63, 3.8) is 0 Å². The Balaban J connectivity index is 2.51. The van der Waals surface area contributed by atoms with Crippen molar-refractivity contribution in [3.8, 4) is 5.75 Å². The maximum atomic E-state index is 10.8. The molecule has 4 nitrogen and oxygen atoms in total. The van der Waals surface area contributed by atoms with Crippen LogP contribution in [-0.4, -0.2) is 16.0 Å². The molecular formula is C12H9NO3. The fraction of sp³-hybridized carbons (Fsp3) is 0.0833. The minimum Gasteiger partial charge on any atom is -0.508 e. The van der Waals surface area contributed by atoms with E-state index in [9.17, 15) is 9.90 Å². The fourth-order valence-corrected chi connectivity index (χ4v) is 1.96. The molecule has 0 fully saturated rings. The molecule has 2 aromatic heterocycles. The van der Waals surface area contributed by atoms with Gasteiger partial charge in [-0.05, 0) is 24.3 Å². The summed E-state index contributed by atoms with van der Waals surface area (Å²) >= 11 is 0. The molecule has 0 unspecified atom stereocenters. The number of furan rings is 1. The van der Waals surface area contributed by atoms with Crippen LogP contribution in [0.2, 0.25) is 0 Å². The first-order valence-electron chi connectivity index (χ1n) is 4.87. The Hall–Kier alpha value is -2.23. The second kappa shape index (κ2) is 2.88. The van der Waals surface area contributed by atoms with E-state index in [1.165, 1.54) is 0 Å². The summed E-state index contributed by atoms with van der Waals surface area (Å²) in [4.78, 5) is 10.8. The highest BCUT2D eigenvalue weighted by atomic mass is 16.3. The number of rotatable bonds is 1. The van der Waals surface area contributed by atoms with E-state index in [0.717, 1.165) is 17.1 Å². The number of carbonyl (C=O) groups excluding carboxylic acids is 1. The Bertz CT molecular complexity index is 706. The maximum Gasteiger partial charge on any atom is 0.208 e. The van der Waals surface area contributed by atoms with Gasteiger partial charge in [-0.2, -0.15) is 0 Å². The highest BCUT2D eigenvalue weighted by Gasteiger charge is 2.13. The zero-order chi connectivity index (χ0) is 11.3. The molecule has 4 heteroatoms. The number of aldehydes is 1. The predicted molar refractivity (Wildman–Crippen MR) is 59.7 cm³/mol. The third-order valence-electron chi connectivity index (χ3n) is 2.80. The molecule has 0 amide bonds. The number of hydrogen-bond donors (Lipinski definition) is 1. The van der Waals surface area contributed by atoms with Gasteiger partial charge in [-0.25, -0.2) is 0 Å². The molecule has 1 aromatic carbocycles. The van der Waals surface area contributed by atoms with Gasteiger partial charge in [-0.3, -0.25) is 4.79 Å². The summed E-state index contributed by atoms with van der Waals surface area (Å²) in [6.45, 7) is 0. The van der Waals surface area contributed by atoms with Gasteiger partial charge in [0.05, 0.1) is 5.69 Å². The zero-order valence-electron chi connectivity index (χ0n) is 8.60. The van der Waals surface area contributed by atoms with Crippen molar-refractivity contribution in [1.29, 1.82) is 0 Å². The van der Waals surface area contributed by atoms with Crippen LogP contribution in [0, 0.1) is 0 Å². The van der Waals surface area contributed by atoms with Crippen LogP contribution in [0.25, 0.3) is 22.1 Å². The molecule has 0 atom stereocenters. The number of phenols is 1. The summed E-state index contributed by atoms with van der Waals surface area (Å²) in [6.07, 6.45) is 0.782. The van der Waals surface area contributed by atoms with Gasteiger partial charge >= 0.3 is 0 Å². The minimum absolute atomic E-state index is 0.187. The lowest BCUT2D eigenvalue weighted by molar-refractivity contribution is 0.111. The van der Waals surface area contributed by atoms with Gasteiger partial charge in [0.25, 0.3) is 0 Å². The number of hydrogen-bond acceptors (Lipinski definition) is 3. The first-order valence-corrected chi connectivity index (χ1v) is 4.87. The topological polar surface area (TPSA) is 55.4 Å². The summed E-state index contributed by atoms with van der Waals surface area (Å²) in [5, 5.41) is 11.1. The quantitative estimate of drug-likeness (QED) is 0.634. The van der Waals surface area contributed by atoms with Crippen molar-refractivity contribution in [3.05, 3.63) is 30.0 Å². The molecule has 0 aliphatic carbocycles. The van der Waals surface area contributed by atoms with Gasteiger partial charge in [0.2, 0.25) is 5.71 Å². The Morgan fingerprint density at radius 1 is 1.31 bits per heavy atom. The predicted octanol–water partition coefficient (Wildman–Crippen LogP) is 2.44. The summed E-state index contributed by atoms with van der Waals surface area (Å²) in [6, 6.07) is 6.68. The van der Waals surface area contributed by atoms with Gasteiger partial charge < -0.3 is 14.1 Å². The van der Waals surface area contributed by atoms with E-state index < -0.39 is 0 Å². The molecular weight excluding hydrogens is 206 g/mol. The lowest BCUT2D eigenvalue weighted by atomic mass is 10.2. The molecule has 0 spiro atoms. The molecule has 1 N–H and O–H groups in total. The van der Waals surface area contributed by atoms with Crippen molar-refractivity contribution in [1.82, 2.24) is 4.57 Å². The van der Waals surface area contributed by atoms with Gasteiger partial charge in [0.15, 0.2) is 6.29 Å². The van der Waals surface area contributed by atoms with Crippen molar-refractivity contribution >= 4 is 28.4 Å². The molecule has 16 heavy (non-hydrogen) atoms. The summed E-state index contributed by atoms with van der Waals surface area (Å²) in [5.74, 6) is 0.187. The summed E-state index contributed by atoms with van der Waals surface area (Å²) in [5.41, 5.74) is 1.90. The Morgan fingerprint density at radius 2 is 2.12 bits per heavy atom. The van der Waals surface area contributed by atoms with Gasteiger partial charge in [0, 0.05) is 17.8 Å². The first kappa shape index (κ1) is 9.03. The average Bonchev–Trinajstić information content (AvgIpc) is 2.77. The molecule has 0 aliphatic heterocycles. The van der Waals surface area contributed by atoms with Crippen LogP contribution >= 0.6 is 0 Å². The lowest BCUT2D eigenvalue weighted by Gasteiger charge is -1.93. The normalized spacial score (nSPS) is 11.3. The first-order chi connectivity index (χ1) is 7.70. The van der Waals surface area contributed by atoms with Crippen molar-refractivity contribution in [2.24, 2.45) is 7.05 Å². The number of benzene rings is 1. The van der Waals surface area contributed by atoms with Gasteiger partial charge in [-0.15, -0.1) is 0 Å². The molecule has 3 aromatic rings. The largest absolute Gasteiger partial charge is 0.508 e. The second-order valence-electron chi connectivity index (χ2n) is 3.75. The molecule has 80 valence electrons. The summed E-state index contributed by atoms with van der Waals surface area (Å²) in [7, 11) is 1.77. The lowest BCUT2D eigenvalue weighted by Crippen LogP contribution is -1.92. The van der Waals surface area contributed by atoms with Crippen LogP contribution in [0.1, 0.15) is 10.5 Å². The van der Waals surface area contributed by atoms with Crippen LogP contribution in [0.4, 0.5) is 0 Å². The fourth-order valence-electron chi connectivity index (χ4n) is 1.96. The van der Waals surface area contributed by atoms with E-state index in [2.05, 4.69) is 0 Å². The third kappa shape index (κ3) is 1.01. The zero-order valence-corrected chi connectivity index (χ0v) is 8.60. The monoisotopic (exact) mass is 215 g/mol. The van der Waals surface area contributed by atoms with E-state index in [1.807, 2.05) is 0 Å². The molecule has 0 bridgehead atoms. The number of nitrogens with zero attached hydrogens (tertiary/aromatic N) is 1. The molecule has 3 rings (SSSR count). The minimum atomic E-state index is 0.187. The van der Waals surface area contributed by atoms with Crippen LogP contribution < -0.4 is 0 Å². The highest BCUT2D eigenvalue weighted by Crippen LogP contribution is 2.32. The molecule has 0 radical (unpaired) electrons. The van der Waals surface area contributed by atoms with E-state index in [4.69, 9.17) is 4.42 Å². The molecule has 0 aliphatic rings. The van der Waals surface area contributed by atoms with E-state index >= 15 is 0 Å². The second-order valence-corrected chi connectivity index (χ2v) is 3.75. The van der Waals surface area contributed by atoms with Crippen LogP contribution in [0.15, 0.2) is 28.7 Å². The van der Waals surface area contributed by atoms with Crippen molar-refractivity contribution in [2.75, 3.05) is 0 Å². The Morgan fingerprint density at radius 3 is 2.88 bits per heavy atom. The Labute approximate surface area is 90.7 Å². The smallest absolute Gasteiger partial charge is 0.208 e. The third-order valence-corrected chi connectivity index (χ3v) is 2.80. The van der Waals surface area contributed by atoms with E-state index in [-0.39, 0.29) is 5.75 Å². The van der Waals surface area contributed by atoms with Crippen LogP contribution in [0.3, 0.4) is 0 Å². The number of phenolic OH excluding ortho intramolecular Hbond substituents is 1. The number of carbonyl (C=O) groups is 1. The number of fused-ring (bicyclic) bond motifs is 3. The van der Waals surface area contributed by atoms with Crippen LogP contribution in [0.5, 0.6) is 5.75 Å². The highest BCUT2D eigenvalue weighted by molar-refractivity contribution is 6.06. The maximum absolute atomic E-state index is 10.8. The van der Waals surface area contributed by atoms with E-state index in [0.29, 0.717) is 17.0 Å². The number of aromatic hydroxyl groups is 1. The molecule has 0 saturated heterocycles. The standard InChI is InChI=1S/C12H9NO3/c1-13-7(6-14)4-10-9-5-8(15)2-3-11(9)16-12(10)13/h2-6,15H,1H3. The number of aromatic nitrogens is 1. The van der Waals surface area contributed by atoms with Crippen LogP contribution in [-0.2, 0) is 7.05 Å². The van der Waals surface area contributed by atoms with Gasteiger partial charge in [-0.1, -0.05) is 0 Å². The summed E-state index contributed by atoms with van der Waals surface area (Å²) < 4.78 is 7.31. The Kier molecular flexibility index (Phi) is 1.63.